The van der Waals surface area contributed by atoms with E-state index in [4.69, 9.17) is 9.47 Å². The highest BCUT2D eigenvalue weighted by Crippen LogP contribution is 2.27. The fourth-order valence-corrected chi connectivity index (χ4v) is 3.20. The van der Waals surface area contributed by atoms with Gasteiger partial charge in [0, 0.05) is 0 Å². The van der Waals surface area contributed by atoms with E-state index in [0.717, 1.165) is 5.56 Å². The Balaban J connectivity index is 1.40. The molecule has 7 nitrogen and oxygen atoms in total. The summed E-state index contributed by atoms with van der Waals surface area (Å²) >= 11 is 0. The van der Waals surface area contributed by atoms with E-state index in [-0.39, 0.29) is 17.9 Å². The van der Waals surface area contributed by atoms with Gasteiger partial charge in [-0.3, -0.25) is 14.7 Å². The normalized spacial score (nSPS) is 10.5. The smallest absolute Gasteiger partial charge is 0.295 e. The molecule has 0 aliphatic carbocycles. The second-order valence-corrected chi connectivity index (χ2v) is 7.15. The van der Waals surface area contributed by atoms with Gasteiger partial charge in [0.25, 0.3) is 11.5 Å². The molecule has 1 aromatic heterocycles. The number of rotatable bonds is 8. The molecule has 0 bridgehead atoms. The SMILES string of the molecule is Cc1[nH]n(-c2ccccc2)c(=O)c1NC(=O)COc1ccccc1OCc1ccccc1. The fraction of sp³-hybridized carbons (Fsp3) is 0.120. The molecule has 1 heterocycles. The van der Waals surface area contributed by atoms with Crippen LogP contribution in [0.4, 0.5) is 5.69 Å². The quantitative estimate of drug-likeness (QED) is 0.442. The molecule has 0 atom stereocenters. The van der Waals surface area contributed by atoms with Gasteiger partial charge >= 0.3 is 0 Å². The molecule has 3 aromatic carbocycles. The Hall–Kier alpha value is -4.26. The number of carbonyl (C=O) groups excluding carboxylic acids is 1. The third-order valence-electron chi connectivity index (χ3n) is 4.80. The lowest BCUT2D eigenvalue weighted by Crippen LogP contribution is -2.25. The zero-order valence-electron chi connectivity index (χ0n) is 17.6. The number of carbonyl (C=O) groups is 1. The van der Waals surface area contributed by atoms with E-state index in [2.05, 4.69) is 10.4 Å². The van der Waals surface area contributed by atoms with E-state index >= 15 is 0 Å². The van der Waals surface area contributed by atoms with Crippen molar-refractivity contribution in [3.05, 3.63) is 107 Å². The van der Waals surface area contributed by atoms with Crippen molar-refractivity contribution in [1.29, 1.82) is 0 Å². The topological polar surface area (TPSA) is 85.4 Å². The number of hydrogen-bond acceptors (Lipinski definition) is 4. The highest BCUT2D eigenvalue weighted by atomic mass is 16.5. The number of nitrogens with one attached hydrogen (secondary N) is 2. The Bertz CT molecular complexity index is 1250. The van der Waals surface area contributed by atoms with Gasteiger partial charge in [-0.05, 0) is 36.8 Å². The van der Waals surface area contributed by atoms with Crippen LogP contribution >= 0.6 is 0 Å². The second kappa shape index (κ2) is 9.70. The highest BCUT2D eigenvalue weighted by Gasteiger charge is 2.16. The Labute approximate surface area is 185 Å². The first-order valence-electron chi connectivity index (χ1n) is 10.2. The number of hydrogen-bond donors (Lipinski definition) is 2. The van der Waals surface area contributed by atoms with Crippen LogP contribution in [0.5, 0.6) is 11.5 Å². The lowest BCUT2D eigenvalue weighted by molar-refractivity contribution is -0.118. The molecule has 0 saturated carbocycles. The minimum Gasteiger partial charge on any atom is -0.485 e. The third-order valence-corrected chi connectivity index (χ3v) is 4.80. The molecule has 0 radical (unpaired) electrons. The van der Waals surface area contributed by atoms with Gasteiger partial charge in [-0.25, -0.2) is 4.68 Å². The van der Waals surface area contributed by atoms with Crippen LogP contribution in [-0.4, -0.2) is 22.3 Å². The average Bonchev–Trinajstić information content (AvgIpc) is 3.11. The van der Waals surface area contributed by atoms with Crippen LogP contribution in [0.15, 0.2) is 89.7 Å². The first-order valence-corrected chi connectivity index (χ1v) is 10.2. The summed E-state index contributed by atoms with van der Waals surface area (Å²) in [5, 5.41) is 5.63. The summed E-state index contributed by atoms with van der Waals surface area (Å²) in [4.78, 5) is 25.2. The Morgan fingerprint density at radius 1 is 0.875 bits per heavy atom. The minimum absolute atomic E-state index is 0.191. The molecule has 7 heteroatoms. The van der Waals surface area contributed by atoms with E-state index in [1.165, 1.54) is 4.68 Å². The molecule has 4 aromatic rings. The number of para-hydroxylation sites is 3. The van der Waals surface area contributed by atoms with Crippen molar-refractivity contribution in [2.75, 3.05) is 11.9 Å². The highest BCUT2D eigenvalue weighted by molar-refractivity contribution is 5.92. The number of H-pyrrole nitrogens is 1. The maximum atomic E-state index is 12.7. The van der Waals surface area contributed by atoms with Crippen molar-refractivity contribution in [2.45, 2.75) is 13.5 Å². The minimum atomic E-state index is -0.442. The van der Waals surface area contributed by atoms with E-state index in [1.54, 1.807) is 37.3 Å². The van der Waals surface area contributed by atoms with Gasteiger partial charge in [0.1, 0.15) is 12.3 Å². The summed E-state index contributed by atoms with van der Waals surface area (Å²) in [6, 6.07) is 26.1. The van der Waals surface area contributed by atoms with E-state index in [9.17, 15) is 9.59 Å². The lowest BCUT2D eigenvalue weighted by atomic mass is 10.2. The Morgan fingerprint density at radius 2 is 1.47 bits per heavy atom. The van der Waals surface area contributed by atoms with Crippen molar-refractivity contribution < 1.29 is 14.3 Å². The molecule has 4 rings (SSSR count). The van der Waals surface area contributed by atoms with Crippen molar-refractivity contribution in [2.24, 2.45) is 0 Å². The molecule has 32 heavy (non-hydrogen) atoms. The van der Waals surface area contributed by atoms with Crippen LogP contribution in [0.2, 0.25) is 0 Å². The molecule has 0 fully saturated rings. The zero-order valence-corrected chi connectivity index (χ0v) is 17.6. The number of nitrogens with zero attached hydrogens (tertiary/aromatic N) is 1. The number of ether oxygens (including phenoxy) is 2. The van der Waals surface area contributed by atoms with Crippen molar-refractivity contribution in [3.63, 3.8) is 0 Å². The molecule has 0 saturated heterocycles. The monoisotopic (exact) mass is 429 g/mol. The van der Waals surface area contributed by atoms with Crippen LogP contribution < -0.4 is 20.3 Å². The van der Waals surface area contributed by atoms with Crippen LogP contribution in [0.1, 0.15) is 11.3 Å². The van der Waals surface area contributed by atoms with Crippen LogP contribution in [0.3, 0.4) is 0 Å². The molecular formula is C25H23N3O4. The maximum Gasteiger partial charge on any atom is 0.295 e. The molecule has 162 valence electrons. The summed E-state index contributed by atoms with van der Waals surface area (Å²) in [5.41, 5.74) is 2.11. The van der Waals surface area contributed by atoms with Gasteiger partial charge < -0.3 is 14.8 Å². The molecule has 0 aliphatic rings. The zero-order chi connectivity index (χ0) is 22.3. The first kappa shape index (κ1) is 21.0. The van der Waals surface area contributed by atoms with Gasteiger partial charge in [-0.1, -0.05) is 60.7 Å². The second-order valence-electron chi connectivity index (χ2n) is 7.15. The number of amides is 1. The fourth-order valence-electron chi connectivity index (χ4n) is 3.20. The van der Waals surface area contributed by atoms with Gasteiger partial charge in [0.2, 0.25) is 0 Å². The average molecular weight is 429 g/mol. The Morgan fingerprint density at radius 3 is 2.16 bits per heavy atom. The predicted molar refractivity (Wildman–Crippen MR) is 122 cm³/mol. The van der Waals surface area contributed by atoms with Crippen LogP contribution in [0.25, 0.3) is 5.69 Å². The summed E-state index contributed by atoms with van der Waals surface area (Å²) < 4.78 is 12.9. The molecule has 0 spiro atoms. The van der Waals surface area contributed by atoms with Crippen molar-refractivity contribution in [3.8, 4) is 17.2 Å². The first-order chi connectivity index (χ1) is 15.6. The van der Waals surface area contributed by atoms with Gasteiger partial charge in [0.05, 0.1) is 11.4 Å². The summed E-state index contributed by atoms with van der Waals surface area (Å²) in [5.74, 6) is 0.543. The largest absolute Gasteiger partial charge is 0.485 e. The standard InChI is InChI=1S/C25H23N3O4/c1-18-24(25(30)28(27-18)20-12-6-3-7-13-20)26-23(29)17-32-22-15-9-8-14-21(22)31-16-19-10-4-2-5-11-19/h2-15,27H,16-17H2,1H3,(H,26,29). The summed E-state index contributed by atoms with van der Waals surface area (Å²) in [6.07, 6.45) is 0. The number of aromatic amines is 1. The Kier molecular flexibility index (Phi) is 6.36. The predicted octanol–water partition coefficient (Wildman–Crippen LogP) is 4.07. The molecule has 0 aliphatic heterocycles. The molecule has 2 N–H and O–H groups in total. The van der Waals surface area contributed by atoms with Crippen molar-refractivity contribution >= 4 is 11.6 Å². The molecule has 0 unspecified atom stereocenters. The van der Waals surface area contributed by atoms with Crippen LogP contribution in [-0.2, 0) is 11.4 Å². The number of anilines is 1. The van der Waals surface area contributed by atoms with E-state index in [1.807, 2.05) is 54.6 Å². The lowest BCUT2D eigenvalue weighted by Gasteiger charge is -2.12. The van der Waals surface area contributed by atoms with Gasteiger partial charge in [-0.15, -0.1) is 0 Å². The van der Waals surface area contributed by atoms with Gasteiger partial charge in [-0.2, -0.15) is 0 Å². The van der Waals surface area contributed by atoms with Gasteiger partial charge in [0.15, 0.2) is 18.1 Å². The summed E-state index contributed by atoms with van der Waals surface area (Å²) in [7, 11) is 0. The van der Waals surface area contributed by atoms with E-state index in [0.29, 0.717) is 29.5 Å². The van der Waals surface area contributed by atoms with Crippen LogP contribution in [0, 0.1) is 6.92 Å². The number of benzene rings is 3. The number of aromatic nitrogens is 2. The number of aryl methyl sites for hydroxylation is 1. The summed E-state index contributed by atoms with van der Waals surface area (Å²) in [6.45, 7) is 1.85. The molecule has 1 amide bonds. The third kappa shape index (κ3) is 4.89. The molecular weight excluding hydrogens is 406 g/mol. The van der Waals surface area contributed by atoms with E-state index < -0.39 is 5.91 Å². The maximum absolute atomic E-state index is 12.7. The van der Waals surface area contributed by atoms with Crippen molar-refractivity contribution in [1.82, 2.24) is 9.78 Å².